The van der Waals surface area contributed by atoms with E-state index in [2.05, 4.69) is 205 Å². The van der Waals surface area contributed by atoms with Gasteiger partial charge in [0.1, 0.15) is 16.7 Å². The minimum atomic E-state index is -0.125. The van der Waals surface area contributed by atoms with Crippen molar-refractivity contribution < 1.29 is 104 Å². The molecule has 0 unspecified atom stereocenters. The number of aliphatic hydroxyl groups is 1. The second kappa shape index (κ2) is 47.8. The number of para-hydroxylation sites is 4. The summed E-state index contributed by atoms with van der Waals surface area (Å²) in [5, 5.41) is 16.3. The molecular weight excluding hydrogens is 2320 g/mol. The van der Waals surface area contributed by atoms with Crippen molar-refractivity contribution >= 4 is 82.5 Å². The average molecular weight is 2410 g/mol. The van der Waals surface area contributed by atoms with E-state index in [-0.39, 0.29) is 92.0 Å². The van der Waals surface area contributed by atoms with Crippen LogP contribution in [-0.4, -0.2) is 45.8 Å². The molecule has 0 amide bonds. The monoisotopic (exact) mass is 2410 g/mol. The van der Waals surface area contributed by atoms with Crippen molar-refractivity contribution in [3.05, 3.63) is 438 Å². The van der Waals surface area contributed by atoms with Gasteiger partial charge in [0.15, 0.2) is 5.78 Å². The van der Waals surface area contributed by atoms with Crippen LogP contribution in [0.5, 0.6) is 0 Å². The fourth-order valence-corrected chi connectivity index (χ4v) is 14.0. The minimum absolute atomic E-state index is 0. The fourth-order valence-electron chi connectivity index (χ4n) is 14.0. The van der Waals surface area contributed by atoms with Gasteiger partial charge in [-0.25, -0.2) is 0 Å². The third-order valence-electron chi connectivity index (χ3n) is 20.4. The minimum Gasteiger partial charge on any atom is -0.512 e. The number of carbonyl (C=O) groups excluding carboxylic acids is 1. The predicted molar refractivity (Wildman–Crippen MR) is 513 cm³/mol. The number of carbonyl (C=O) groups is 1. The van der Waals surface area contributed by atoms with E-state index in [0.29, 0.717) is 0 Å². The molecule has 10 aromatic heterocycles. The second-order valence-corrected chi connectivity index (χ2v) is 30.7. The molecule has 0 aliphatic rings. The molecule has 12 nitrogen and oxygen atoms in total. The van der Waals surface area contributed by atoms with Crippen LogP contribution < -0.4 is 0 Å². The SMILES string of the molecule is CC(=O)C=C(C)O.Cc1[c-]c(-c2cc(C)c3ccccc3n2)cc(C)c1.Cc1ccc(-c2[c-]ccc3c2oc2ccccc23)nc1.Cc1ccc(-c2[c-]cccc2)nc1.Cc1ccc(-c2[c-]cccc2)nc1.Cc1ccc(-c2[c-]cccc2)nc1.Cc1ccnc(-c2[c-]ccc3c2oc2ccccc23)c1.Cc1cnc(-c2[c-]ccc3c2oc2ccccc23)cc1C.[Ir].[Ir].[Ir].[Ir]. The molecule has 0 fully saturated rings. The predicted octanol–water partition coefficient (Wildman–Crippen LogP) is 28.8. The van der Waals surface area contributed by atoms with E-state index in [0.717, 1.165) is 161 Å². The number of rotatable bonds is 8. The number of nitrogens with zero attached hydrogens (tertiary/aromatic N) is 7. The topological polar surface area (TPSA) is 167 Å². The summed E-state index contributed by atoms with van der Waals surface area (Å²) < 4.78 is 18.0. The molecule has 0 bridgehead atoms. The van der Waals surface area contributed by atoms with Gasteiger partial charge in [0.05, 0.1) is 28.0 Å². The molecule has 0 aliphatic heterocycles. The summed E-state index contributed by atoms with van der Waals surface area (Å²) in [5.74, 6) is -0.0625. The van der Waals surface area contributed by atoms with E-state index in [9.17, 15) is 4.79 Å². The second-order valence-electron chi connectivity index (χ2n) is 30.7. The van der Waals surface area contributed by atoms with Crippen molar-refractivity contribution in [2.45, 2.75) is 83.1 Å². The number of pyridine rings is 7. The van der Waals surface area contributed by atoms with E-state index in [4.69, 9.17) is 23.3 Å². The number of allylic oxidation sites excluding steroid dienone is 2. The zero-order valence-electron chi connectivity index (χ0n) is 73.8. The van der Waals surface area contributed by atoms with Gasteiger partial charge in [0, 0.05) is 145 Å². The molecule has 0 atom stereocenters. The molecule has 21 rings (SSSR count). The summed E-state index contributed by atoms with van der Waals surface area (Å²) in [6.07, 6.45) is 12.4. The van der Waals surface area contributed by atoms with Crippen LogP contribution in [0.2, 0.25) is 0 Å². The van der Waals surface area contributed by atoms with Crippen molar-refractivity contribution in [1.29, 1.82) is 0 Å². The van der Waals surface area contributed by atoms with Gasteiger partial charge in [-0.05, 0) is 173 Å². The molecule has 4 radical (unpaired) electrons. The summed E-state index contributed by atoms with van der Waals surface area (Å²) in [6, 6.07) is 119. The number of fused-ring (bicyclic) bond motifs is 10. The summed E-state index contributed by atoms with van der Waals surface area (Å²) in [5.41, 5.74) is 31.8. The van der Waals surface area contributed by atoms with E-state index in [1.54, 1.807) is 0 Å². The maximum atomic E-state index is 10.0. The van der Waals surface area contributed by atoms with Crippen LogP contribution in [0.1, 0.15) is 69.5 Å². The van der Waals surface area contributed by atoms with Crippen LogP contribution >= 0.6 is 0 Å². The smallest absolute Gasteiger partial charge is 0.155 e. The van der Waals surface area contributed by atoms with Crippen molar-refractivity contribution in [2.75, 3.05) is 0 Å². The quantitative estimate of drug-likeness (QED) is 0.0870. The van der Waals surface area contributed by atoms with Crippen LogP contribution in [0, 0.1) is 112 Å². The summed E-state index contributed by atoms with van der Waals surface area (Å²) in [4.78, 5) is 41.2. The Labute approximate surface area is 814 Å². The Morgan fingerprint density at radius 2 is 0.677 bits per heavy atom. The van der Waals surface area contributed by atoms with Crippen LogP contribution in [-0.2, 0) is 85.2 Å². The first-order chi connectivity index (χ1) is 61.2. The molecule has 0 spiro atoms. The maximum absolute atomic E-state index is 10.0. The summed E-state index contributed by atoms with van der Waals surface area (Å²) in [7, 11) is 0. The first-order valence-corrected chi connectivity index (χ1v) is 41.4. The molecule has 0 aliphatic carbocycles. The van der Waals surface area contributed by atoms with Gasteiger partial charge in [-0.1, -0.05) is 197 Å². The molecular formula is C114H92Ir4N7O5-7. The van der Waals surface area contributed by atoms with Gasteiger partial charge >= 0.3 is 0 Å². The molecule has 0 saturated carbocycles. The number of aromatic nitrogens is 7. The number of aliphatic hydroxyl groups excluding tert-OH is 1. The van der Waals surface area contributed by atoms with E-state index in [1.165, 1.54) is 69.8 Å². The van der Waals surface area contributed by atoms with Gasteiger partial charge in [-0.15, -0.1) is 197 Å². The first kappa shape index (κ1) is 99.1. The number of aryl methyl sites for hydroxylation is 10. The van der Waals surface area contributed by atoms with Crippen LogP contribution in [0.4, 0.5) is 0 Å². The third kappa shape index (κ3) is 25.9. The molecule has 16 heteroatoms. The van der Waals surface area contributed by atoms with Crippen molar-refractivity contribution in [2.24, 2.45) is 0 Å². The van der Waals surface area contributed by atoms with Crippen molar-refractivity contribution in [3.63, 3.8) is 0 Å². The Bertz CT molecular complexity index is 7100. The maximum Gasteiger partial charge on any atom is 0.155 e. The summed E-state index contributed by atoms with van der Waals surface area (Å²) >= 11 is 0. The molecule has 656 valence electrons. The standard InChI is InChI=1S/C19H14NO.2C18H12NO.C18H16N.3C12H10N.C5H8O2.4Ir/c1-12-10-17(20-11-13(12)2)16-8-5-7-15-14-6-3-4-9-18(14)21-19(15)16;1-12-9-10-19-16(11-12)15-7-4-6-14-13-5-2-3-8-17(13)20-18(14)15;1-12-9-10-16(19-11-12)15-7-4-6-14-13-5-2-3-8-17(13)20-18(14)15;1-12-8-13(2)10-15(9-12)18-11-14(3)16-6-4-5-7-17(16)19-18;3*1-10-7-8-12(13-9-10)11-5-3-2-4-6-11;1-4(6)3-5(2)7;;;;/h3-7,9-11H,1-2H3;2*2-6,8-11H,1H3;4-9,11H,1-3H3;3*2-5,7-9H,1H3;3,6H,1-2H3;;;;/q7*-1;;;;;. The number of furan rings is 3. The van der Waals surface area contributed by atoms with E-state index in [1.807, 2.05) is 265 Å². The molecule has 10 heterocycles. The number of benzene rings is 11. The summed E-state index contributed by atoms with van der Waals surface area (Å²) in [6.45, 7) is 23.5. The first-order valence-electron chi connectivity index (χ1n) is 41.4. The van der Waals surface area contributed by atoms with E-state index >= 15 is 0 Å². The van der Waals surface area contributed by atoms with Crippen LogP contribution in [0.3, 0.4) is 0 Å². The molecule has 130 heavy (non-hydrogen) atoms. The Balaban J connectivity index is 0.000000156. The zero-order chi connectivity index (χ0) is 88.0. The van der Waals surface area contributed by atoms with Gasteiger partial charge < -0.3 is 48.3 Å². The Hall–Kier alpha value is -13.1. The normalized spacial score (nSPS) is 10.5. The Morgan fingerprint density at radius 1 is 0.300 bits per heavy atom. The molecule has 0 saturated heterocycles. The molecule has 21 aromatic rings. The van der Waals surface area contributed by atoms with Crippen LogP contribution in [0.25, 0.3) is 156 Å². The van der Waals surface area contributed by atoms with E-state index < -0.39 is 0 Å². The van der Waals surface area contributed by atoms with Crippen LogP contribution in [0.15, 0.2) is 353 Å². The number of hydrogen-bond donors (Lipinski definition) is 1. The largest absolute Gasteiger partial charge is 0.512 e. The fraction of sp³-hybridized carbons (Fsp3) is 0.105. The molecule has 11 aromatic carbocycles. The Morgan fingerprint density at radius 3 is 1.05 bits per heavy atom. The molecule has 1 N–H and O–H groups in total. The number of hydrogen-bond acceptors (Lipinski definition) is 12. The van der Waals surface area contributed by atoms with Crippen molar-refractivity contribution in [1.82, 2.24) is 34.9 Å². The number of ketones is 1. The average Bonchev–Trinajstić information content (AvgIpc) is 1.62. The van der Waals surface area contributed by atoms with Gasteiger partial charge in [-0.3, -0.25) is 9.78 Å². The van der Waals surface area contributed by atoms with Crippen molar-refractivity contribution in [3.8, 4) is 78.8 Å². The van der Waals surface area contributed by atoms with Gasteiger partial charge in [0.25, 0.3) is 0 Å². The van der Waals surface area contributed by atoms with Gasteiger partial charge in [0.2, 0.25) is 0 Å². The third-order valence-corrected chi connectivity index (χ3v) is 20.4. The zero-order valence-corrected chi connectivity index (χ0v) is 83.4. The Kier molecular flexibility index (Phi) is 36.5. The van der Waals surface area contributed by atoms with Gasteiger partial charge in [-0.2, -0.15) is 0 Å².